The van der Waals surface area contributed by atoms with Crippen LogP contribution < -0.4 is 5.73 Å². The van der Waals surface area contributed by atoms with E-state index in [4.69, 9.17) is 5.73 Å². The molecule has 1 aromatic heterocycles. The van der Waals surface area contributed by atoms with Gasteiger partial charge in [-0.1, -0.05) is 12.1 Å². The summed E-state index contributed by atoms with van der Waals surface area (Å²) in [5.74, 6) is 0. The summed E-state index contributed by atoms with van der Waals surface area (Å²) in [6.07, 6.45) is 2.03. The van der Waals surface area contributed by atoms with Gasteiger partial charge in [0.1, 0.15) is 4.60 Å². The maximum Gasteiger partial charge on any atom is 0.136 e. The second-order valence-corrected chi connectivity index (χ2v) is 4.37. The minimum absolute atomic E-state index is 0.730. The number of fused-ring (bicyclic) bond motifs is 1. The number of rotatable bonds is 3. The third-order valence-electron chi connectivity index (χ3n) is 2.57. The molecule has 2 rings (SSSR count). The Morgan fingerprint density at radius 3 is 3.00 bits per heavy atom. The van der Waals surface area contributed by atoms with Gasteiger partial charge >= 0.3 is 0 Å². The van der Waals surface area contributed by atoms with Crippen LogP contribution in [0.4, 0.5) is 0 Å². The molecule has 1 aromatic carbocycles. The van der Waals surface area contributed by atoms with Gasteiger partial charge in [0.15, 0.2) is 0 Å². The first-order valence-electron chi connectivity index (χ1n) is 5.04. The summed E-state index contributed by atoms with van der Waals surface area (Å²) in [5.41, 5.74) is 8.01. The van der Waals surface area contributed by atoms with Crippen molar-refractivity contribution in [3.8, 4) is 0 Å². The SMILES string of the molecule is Cn1nc(Br)c2c(CCCN)cccc21. The average Bonchev–Trinajstić information content (AvgIpc) is 2.53. The Bertz CT molecular complexity index is 476. The van der Waals surface area contributed by atoms with Crippen molar-refractivity contribution >= 4 is 26.8 Å². The van der Waals surface area contributed by atoms with Gasteiger partial charge in [0.2, 0.25) is 0 Å². The molecular weight excluding hydrogens is 254 g/mol. The molecule has 0 aliphatic rings. The highest BCUT2D eigenvalue weighted by atomic mass is 79.9. The summed E-state index contributed by atoms with van der Waals surface area (Å²) in [7, 11) is 1.96. The molecule has 80 valence electrons. The highest BCUT2D eigenvalue weighted by Gasteiger charge is 2.09. The third kappa shape index (κ3) is 1.92. The Morgan fingerprint density at radius 1 is 1.47 bits per heavy atom. The van der Waals surface area contributed by atoms with Crippen molar-refractivity contribution in [3.05, 3.63) is 28.4 Å². The Labute approximate surface area is 97.4 Å². The molecule has 0 atom stereocenters. The van der Waals surface area contributed by atoms with E-state index in [-0.39, 0.29) is 0 Å². The molecule has 0 amide bonds. The summed E-state index contributed by atoms with van der Waals surface area (Å²) in [6, 6.07) is 6.30. The van der Waals surface area contributed by atoms with E-state index in [1.54, 1.807) is 0 Å². The minimum atomic E-state index is 0.730. The first kappa shape index (κ1) is 10.6. The molecule has 2 aromatic rings. The maximum absolute atomic E-state index is 5.53. The molecule has 0 spiro atoms. The largest absolute Gasteiger partial charge is 0.330 e. The lowest BCUT2D eigenvalue weighted by molar-refractivity contribution is 0.788. The number of hydrogen-bond acceptors (Lipinski definition) is 2. The van der Waals surface area contributed by atoms with Crippen molar-refractivity contribution in [2.45, 2.75) is 12.8 Å². The smallest absolute Gasteiger partial charge is 0.136 e. The van der Waals surface area contributed by atoms with Crippen molar-refractivity contribution in [1.82, 2.24) is 9.78 Å². The van der Waals surface area contributed by atoms with E-state index < -0.39 is 0 Å². The topological polar surface area (TPSA) is 43.8 Å². The summed E-state index contributed by atoms with van der Waals surface area (Å²) in [6.45, 7) is 0.730. The van der Waals surface area contributed by atoms with Crippen molar-refractivity contribution in [2.24, 2.45) is 12.8 Å². The van der Waals surface area contributed by atoms with Crippen LogP contribution in [0, 0.1) is 0 Å². The monoisotopic (exact) mass is 267 g/mol. The fourth-order valence-corrected chi connectivity index (χ4v) is 2.53. The molecule has 15 heavy (non-hydrogen) atoms. The minimum Gasteiger partial charge on any atom is -0.330 e. The quantitative estimate of drug-likeness (QED) is 0.927. The highest BCUT2D eigenvalue weighted by Crippen LogP contribution is 2.26. The van der Waals surface area contributed by atoms with Crippen molar-refractivity contribution in [3.63, 3.8) is 0 Å². The number of hydrogen-bond donors (Lipinski definition) is 1. The van der Waals surface area contributed by atoms with Crippen molar-refractivity contribution < 1.29 is 0 Å². The van der Waals surface area contributed by atoms with Crippen LogP contribution in [0.3, 0.4) is 0 Å². The molecule has 0 aliphatic heterocycles. The number of aromatic nitrogens is 2. The molecule has 2 N–H and O–H groups in total. The lowest BCUT2D eigenvalue weighted by atomic mass is 10.1. The fourth-order valence-electron chi connectivity index (χ4n) is 1.83. The van der Waals surface area contributed by atoms with E-state index in [0.29, 0.717) is 0 Å². The predicted octanol–water partition coefficient (Wildman–Crippen LogP) is 2.23. The van der Waals surface area contributed by atoms with Gasteiger partial charge in [-0.05, 0) is 46.9 Å². The van der Waals surface area contributed by atoms with Crippen LogP contribution in [0.1, 0.15) is 12.0 Å². The predicted molar refractivity (Wildman–Crippen MR) is 65.8 cm³/mol. The molecule has 0 saturated heterocycles. The normalized spacial score (nSPS) is 11.1. The summed E-state index contributed by atoms with van der Waals surface area (Å²) in [5, 5.41) is 5.58. The highest BCUT2D eigenvalue weighted by molar-refractivity contribution is 9.10. The molecule has 4 heteroatoms. The number of halogens is 1. The molecule has 1 heterocycles. The van der Waals surface area contributed by atoms with Gasteiger partial charge in [0.25, 0.3) is 0 Å². The Balaban J connectivity index is 2.54. The Morgan fingerprint density at radius 2 is 2.27 bits per heavy atom. The summed E-state index contributed by atoms with van der Waals surface area (Å²) >= 11 is 3.50. The number of benzene rings is 1. The van der Waals surface area contributed by atoms with Crippen LogP contribution in [0.5, 0.6) is 0 Å². The second-order valence-electron chi connectivity index (χ2n) is 3.62. The van der Waals surface area contributed by atoms with Crippen LogP contribution in [-0.2, 0) is 13.5 Å². The van der Waals surface area contributed by atoms with Gasteiger partial charge < -0.3 is 5.73 Å². The zero-order valence-electron chi connectivity index (χ0n) is 8.70. The number of aryl methyl sites for hydroxylation is 2. The molecule has 0 saturated carbocycles. The lowest BCUT2D eigenvalue weighted by Crippen LogP contribution is -2.00. The van der Waals surface area contributed by atoms with E-state index in [9.17, 15) is 0 Å². The van der Waals surface area contributed by atoms with E-state index in [0.717, 1.165) is 29.5 Å². The maximum atomic E-state index is 5.53. The van der Waals surface area contributed by atoms with E-state index in [1.807, 2.05) is 11.7 Å². The molecule has 0 aliphatic carbocycles. The van der Waals surface area contributed by atoms with Crippen LogP contribution in [-0.4, -0.2) is 16.3 Å². The summed E-state index contributed by atoms with van der Waals surface area (Å²) < 4.78 is 2.82. The van der Waals surface area contributed by atoms with Gasteiger partial charge in [-0.2, -0.15) is 5.10 Å². The summed E-state index contributed by atoms with van der Waals surface area (Å²) in [4.78, 5) is 0. The van der Waals surface area contributed by atoms with E-state index >= 15 is 0 Å². The standard InChI is InChI=1S/C11H14BrN3/c1-15-9-6-2-4-8(5-3-7-13)10(9)11(12)14-15/h2,4,6H,3,5,7,13H2,1H3. The zero-order valence-corrected chi connectivity index (χ0v) is 10.3. The van der Waals surface area contributed by atoms with Gasteiger partial charge in [-0.25, -0.2) is 0 Å². The first-order chi connectivity index (χ1) is 7.24. The molecule has 0 fully saturated rings. The van der Waals surface area contributed by atoms with Gasteiger partial charge in [0, 0.05) is 12.4 Å². The van der Waals surface area contributed by atoms with E-state index in [2.05, 4.69) is 39.2 Å². The molecule has 3 nitrogen and oxygen atoms in total. The molecular formula is C11H14BrN3. The molecule has 0 radical (unpaired) electrons. The Hall–Kier alpha value is -0.870. The van der Waals surface area contributed by atoms with Crippen LogP contribution >= 0.6 is 15.9 Å². The average molecular weight is 268 g/mol. The number of nitrogens with two attached hydrogens (primary N) is 1. The molecule has 0 bridgehead atoms. The van der Waals surface area contributed by atoms with E-state index in [1.165, 1.54) is 10.9 Å². The van der Waals surface area contributed by atoms with Gasteiger partial charge in [0.05, 0.1) is 5.52 Å². The molecule has 0 unspecified atom stereocenters. The number of nitrogens with zero attached hydrogens (tertiary/aromatic N) is 2. The van der Waals surface area contributed by atoms with Crippen LogP contribution in [0.25, 0.3) is 10.9 Å². The third-order valence-corrected chi connectivity index (χ3v) is 3.13. The van der Waals surface area contributed by atoms with Gasteiger partial charge in [-0.3, -0.25) is 4.68 Å². The van der Waals surface area contributed by atoms with Crippen LogP contribution in [0.15, 0.2) is 22.8 Å². The Kier molecular flexibility index (Phi) is 3.07. The zero-order chi connectivity index (χ0) is 10.8. The lowest BCUT2D eigenvalue weighted by Gasteiger charge is -2.02. The van der Waals surface area contributed by atoms with Gasteiger partial charge in [-0.15, -0.1) is 0 Å². The first-order valence-corrected chi connectivity index (χ1v) is 5.83. The van der Waals surface area contributed by atoms with Crippen molar-refractivity contribution in [1.29, 1.82) is 0 Å². The van der Waals surface area contributed by atoms with Crippen molar-refractivity contribution in [2.75, 3.05) is 6.54 Å². The fraction of sp³-hybridized carbons (Fsp3) is 0.364. The van der Waals surface area contributed by atoms with Crippen LogP contribution in [0.2, 0.25) is 0 Å². The second kappa shape index (κ2) is 4.33.